The van der Waals surface area contributed by atoms with E-state index in [9.17, 15) is 4.79 Å². The number of rotatable bonds is 2. The largest absolute Gasteiger partial charge is 0.423 e. The first-order valence-electron chi connectivity index (χ1n) is 6.34. The minimum Gasteiger partial charge on any atom is -0.423 e. The number of esters is 1. The quantitative estimate of drug-likeness (QED) is 0.594. The summed E-state index contributed by atoms with van der Waals surface area (Å²) in [4.78, 5) is 12.1. The minimum absolute atomic E-state index is 0.305. The summed E-state index contributed by atoms with van der Waals surface area (Å²) in [5.74, 6) is 0.286. The highest BCUT2D eigenvalue weighted by atomic mass is 16.5. The molecule has 2 heteroatoms. The second-order valence-electron chi connectivity index (χ2n) is 4.95. The van der Waals surface area contributed by atoms with Gasteiger partial charge in [-0.15, -0.1) is 0 Å². The maximum atomic E-state index is 12.1. The Bertz CT molecular complexity index is 627. The second-order valence-corrected chi connectivity index (χ2v) is 4.95. The molecular formula is C17H18O2. The smallest absolute Gasteiger partial charge is 0.343 e. The number of hydrogen-bond acceptors (Lipinski definition) is 2. The standard InChI is InChI=1S/C17H18O2/c1-11-5-8-16(14(4)9-11)17(18)19-15-7-6-12(2)13(3)10-15/h5-10H,1-4H3. The van der Waals surface area contributed by atoms with E-state index in [1.54, 1.807) is 0 Å². The number of hydrogen-bond donors (Lipinski definition) is 0. The highest BCUT2D eigenvalue weighted by Crippen LogP contribution is 2.19. The van der Waals surface area contributed by atoms with Gasteiger partial charge in [-0.1, -0.05) is 23.8 Å². The molecule has 2 aromatic carbocycles. The fraction of sp³-hybridized carbons (Fsp3) is 0.235. The van der Waals surface area contributed by atoms with Gasteiger partial charge in [-0.2, -0.15) is 0 Å². The Hall–Kier alpha value is -2.09. The number of carbonyl (C=O) groups is 1. The monoisotopic (exact) mass is 254 g/mol. The molecule has 0 heterocycles. The Morgan fingerprint density at radius 3 is 2.21 bits per heavy atom. The third-order valence-electron chi connectivity index (χ3n) is 3.29. The van der Waals surface area contributed by atoms with Crippen LogP contribution in [0.2, 0.25) is 0 Å². The van der Waals surface area contributed by atoms with Crippen LogP contribution in [-0.4, -0.2) is 5.97 Å². The van der Waals surface area contributed by atoms with E-state index in [0.717, 1.165) is 16.7 Å². The molecule has 0 amide bonds. The molecule has 0 N–H and O–H groups in total. The maximum Gasteiger partial charge on any atom is 0.343 e. The molecule has 0 fully saturated rings. The summed E-state index contributed by atoms with van der Waals surface area (Å²) in [6, 6.07) is 11.4. The van der Waals surface area contributed by atoms with Gasteiger partial charge in [0.2, 0.25) is 0 Å². The van der Waals surface area contributed by atoms with Crippen molar-refractivity contribution in [2.45, 2.75) is 27.7 Å². The van der Waals surface area contributed by atoms with Crippen molar-refractivity contribution in [3.8, 4) is 5.75 Å². The Labute approximate surface area is 114 Å². The molecule has 19 heavy (non-hydrogen) atoms. The molecule has 0 aliphatic heterocycles. The Balaban J connectivity index is 2.23. The Morgan fingerprint density at radius 1 is 0.842 bits per heavy atom. The summed E-state index contributed by atoms with van der Waals surface area (Å²) in [6.45, 7) is 7.96. The molecule has 0 saturated heterocycles. The predicted octanol–water partition coefficient (Wildman–Crippen LogP) is 4.14. The molecule has 2 rings (SSSR count). The molecule has 0 unspecified atom stereocenters. The van der Waals surface area contributed by atoms with Crippen molar-refractivity contribution >= 4 is 5.97 Å². The first kappa shape index (κ1) is 13.3. The molecule has 0 spiro atoms. The van der Waals surface area contributed by atoms with Crippen LogP contribution in [0.4, 0.5) is 0 Å². The van der Waals surface area contributed by atoms with Crippen LogP contribution in [0.15, 0.2) is 36.4 Å². The first-order valence-corrected chi connectivity index (χ1v) is 6.34. The van der Waals surface area contributed by atoms with Gasteiger partial charge >= 0.3 is 5.97 Å². The normalized spacial score (nSPS) is 10.3. The maximum absolute atomic E-state index is 12.1. The molecule has 0 atom stereocenters. The van der Waals surface area contributed by atoms with Gasteiger partial charge in [0, 0.05) is 0 Å². The van der Waals surface area contributed by atoms with Crippen molar-refractivity contribution < 1.29 is 9.53 Å². The summed E-state index contributed by atoms with van der Waals surface area (Å²) in [5.41, 5.74) is 5.00. The van der Waals surface area contributed by atoms with Crippen molar-refractivity contribution in [2.75, 3.05) is 0 Å². The van der Waals surface area contributed by atoms with E-state index in [-0.39, 0.29) is 5.97 Å². The van der Waals surface area contributed by atoms with Gasteiger partial charge in [-0.25, -0.2) is 4.79 Å². The fourth-order valence-corrected chi connectivity index (χ4v) is 1.98. The van der Waals surface area contributed by atoms with Gasteiger partial charge in [-0.3, -0.25) is 0 Å². The summed E-state index contributed by atoms with van der Waals surface area (Å²) in [6.07, 6.45) is 0. The topological polar surface area (TPSA) is 26.3 Å². The number of ether oxygens (including phenoxy) is 1. The summed E-state index contributed by atoms with van der Waals surface area (Å²) in [5, 5.41) is 0. The molecule has 0 aliphatic carbocycles. The third-order valence-corrected chi connectivity index (χ3v) is 3.29. The average molecular weight is 254 g/mol. The van der Waals surface area contributed by atoms with E-state index in [1.807, 2.05) is 64.1 Å². The van der Waals surface area contributed by atoms with Crippen LogP contribution in [0, 0.1) is 27.7 Å². The molecular weight excluding hydrogens is 236 g/mol. The molecule has 98 valence electrons. The first-order chi connectivity index (χ1) is 8.97. The summed E-state index contributed by atoms with van der Waals surface area (Å²) < 4.78 is 5.42. The Kier molecular flexibility index (Phi) is 3.70. The molecule has 0 aromatic heterocycles. The molecule has 2 nitrogen and oxygen atoms in total. The van der Waals surface area contributed by atoms with Crippen molar-refractivity contribution in [3.63, 3.8) is 0 Å². The molecule has 0 bridgehead atoms. The second kappa shape index (κ2) is 5.27. The van der Waals surface area contributed by atoms with Crippen molar-refractivity contribution in [2.24, 2.45) is 0 Å². The minimum atomic E-state index is -0.305. The van der Waals surface area contributed by atoms with Gasteiger partial charge in [0.05, 0.1) is 5.56 Å². The highest BCUT2D eigenvalue weighted by Gasteiger charge is 2.11. The number of aryl methyl sites for hydroxylation is 4. The van der Waals surface area contributed by atoms with E-state index in [2.05, 4.69) is 0 Å². The van der Waals surface area contributed by atoms with Gasteiger partial charge < -0.3 is 4.74 Å². The van der Waals surface area contributed by atoms with E-state index < -0.39 is 0 Å². The average Bonchev–Trinajstić information content (AvgIpc) is 2.33. The number of benzene rings is 2. The summed E-state index contributed by atoms with van der Waals surface area (Å²) in [7, 11) is 0. The van der Waals surface area contributed by atoms with Crippen LogP contribution in [-0.2, 0) is 0 Å². The van der Waals surface area contributed by atoms with Crippen LogP contribution in [0.1, 0.15) is 32.6 Å². The lowest BCUT2D eigenvalue weighted by Gasteiger charge is -2.09. The van der Waals surface area contributed by atoms with Crippen molar-refractivity contribution in [3.05, 3.63) is 64.2 Å². The van der Waals surface area contributed by atoms with Gasteiger partial charge in [0.1, 0.15) is 5.75 Å². The summed E-state index contributed by atoms with van der Waals surface area (Å²) >= 11 is 0. The zero-order valence-corrected chi connectivity index (χ0v) is 11.8. The molecule has 0 aliphatic rings. The molecule has 2 aromatic rings. The van der Waals surface area contributed by atoms with Gasteiger partial charge in [0.25, 0.3) is 0 Å². The van der Waals surface area contributed by atoms with E-state index in [1.165, 1.54) is 5.56 Å². The predicted molar refractivity (Wildman–Crippen MR) is 76.8 cm³/mol. The van der Waals surface area contributed by atoms with Crippen LogP contribution in [0.5, 0.6) is 5.75 Å². The highest BCUT2D eigenvalue weighted by molar-refractivity contribution is 5.92. The lowest BCUT2D eigenvalue weighted by Crippen LogP contribution is -2.10. The third kappa shape index (κ3) is 3.02. The zero-order chi connectivity index (χ0) is 14.0. The Morgan fingerprint density at radius 2 is 1.58 bits per heavy atom. The van der Waals surface area contributed by atoms with Gasteiger partial charge in [0.15, 0.2) is 0 Å². The zero-order valence-electron chi connectivity index (χ0n) is 11.8. The lowest BCUT2D eigenvalue weighted by atomic mass is 10.1. The van der Waals surface area contributed by atoms with E-state index >= 15 is 0 Å². The number of carbonyl (C=O) groups excluding carboxylic acids is 1. The van der Waals surface area contributed by atoms with Crippen LogP contribution >= 0.6 is 0 Å². The van der Waals surface area contributed by atoms with Crippen molar-refractivity contribution in [1.29, 1.82) is 0 Å². The van der Waals surface area contributed by atoms with Crippen LogP contribution in [0.25, 0.3) is 0 Å². The molecule has 0 saturated carbocycles. The fourth-order valence-electron chi connectivity index (χ4n) is 1.98. The lowest BCUT2D eigenvalue weighted by molar-refractivity contribution is 0.0734. The van der Waals surface area contributed by atoms with Gasteiger partial charge in [-0.05, 0) is 62.6 Å². The van der Waals surface area contributed by atoms with Crippen molar-refractivity contribution in [1.82, 2.24) is 0 Å². The molecule has 0 radical (unpaired) electrons. The SMILES string of the molecule is Cc1ccc(C(=O)Oc2ccc(C)c(C)c2)c(C)c1. The van der Waals surface area contributed by atoms with Crippen LogP contribution in [0.3, 0.4) is 0 Å². The van der Waals surface area contributed by atoms with E-state index in [4.69, 9.17) is 4.74 Å². The van der Waals surface area contributed by atoms with Crippen LogP contribution < -0.4 is 4.74 Å². The van der Waals surface area contributed by atoms with E-state index in [0.29, 0.717) is 11.3 Å².